The number of anilines is 1. The van der Waals surface area contributed by atoms with Gasteiger partial charge in [0.1, 0.15) is 0 Å². The van der Waals surface area contributed by atoms with Crippen LogP contribution in [0.25, 0.3) is 0 Å². The molecule has 21 heavy (non-hydrogen) atoms. The molecule has 0 aliphatic carbocycles. The molecule has 1 atom stereocenters. The van der Waals surface area contributed by atoms with Gasteiger partial charge in [-0.2, -0.15) is 0 Å². The van der Waals surface area contributed by atoms with Gasteiger partial charge >= 0.3 is 0 Å². The highest BCUT2D eigenvalue weighted by Crippen LogP contribution is 2.31. The molecule has 0 spiro atoms. The van der Waals surface area contributed by atoms with E-state index in [9.17, 15) is 0 Å². The molecule has 2 aliphatic heterocycles. The normalized spacial score (nSPS) is 23.7. The summed E-state index contributed by atoms with van der Waals surface area (Å²) in [5.41, 5.74) is 2.41. The summed E-state index contributed by atoms with van der Waals surface area (Å²) in [5, 5.41) is 4.03. The molecular formula is C16H24ClN3O. The van der Waals surface area contributed by atoms with Crippen LogP contribution in [-0.2, 0) is 11.3 Å². The maximum Gasteiger partial charge on any atom is 0.0642 e. The molecule has 116 valence electrons. The van der Waals surface area contributed by atoms with E-state index in [1.54, 1.807) is 0 Å². The van der Waals surface area contributed by atoms with E-state index >= 15 is 0 Å². The number of hydrogen-bond donors (Lipinski definition) is 1. The second-order valence-electron chi connectivity index (χ2n) is 5.85. The van der Waals surface area contributed by atoms with Gasteiger partial charge in [0.15, 0.2) is 0 Å². The number of nitrogens with one attached hydrogen (secondary N) is 1. The summed E-state index contributed by atoms with van der Waals surface area (Å²) >= 11 is 6.48. The smallest absolute Gasteiger partial charge is 0.0642 e. The van der Waals surface area contributed by atoms with E-state index in [0.717, 1.165) is 51.0 Å². The van der Waals surface area contributed by atoms with Gasteiger partial charge in [-0.3, -0.25) is 4.90 Å². The quantitative estimate of drug-likeness (QED) is 0.920. The number of benzene rings is 1. The standard InChI is InChI=1S/C16H24ClN3O/c1-18-11-13-2-3-16(15(17)10-13)20-5-4-14(12-20)19-6-8-21-9-7-19/h2-3,10,14,18H,4-9,11-12H2,1H3. The third-order valence-corrected chi connectivity index (χ3v) is 4.76. The van der Waals surface area contributed by atoms with Gasteiger partial charge in [0, 0.05) is 38.8 Å². The van der Waals surface area contributed by atoms with Gasteiger partial charge in [-0.15, -0.1) is 0 Å². The van der Waals surface area contributed by atoms with Crippen molar-refractivity contribution in [2.24, 2.45) is 0 Å². The Morgan fingerprint density at radius 3 is 2.81 bits per heavy atom. The Hall–Kier alpha value is -0.810. The van der Waals surface area contributed by atoms with Crippen molar-refractivity contribution in [3.63, 3.8) is 0 Å². The Balaban J connectivity index is 1.65. The van der Waals surface area contributed by atoms with E-state index in [2.05, 4.69) is 33.3 Å². The van der Waals surface area contributed by atoms with Crippen molar-refractivity contribution in [1.82, 2.24) is 10.2 Å². The lowest BCUT2D eigenvalue weighted by Gasteiger charge is -2.32. The highest BCUT2D eigenvalue weighted by atomic mass is 35.5. The largest absolute Gasteiger partial charge is 0.379 e. The maximum atomic E-state index is 6.48. The molecule has 1 aromatic rings. The minimum absolute atomic E-state index is 0.641. The van der Waals surface area contributed by atoms with E-state index in [1.165, 1.54) is 17.7 Å². The van der Waals surface area contributed by atoms with E-state index in [-0.39, 0.29) is 0 Å². The zero-order valence-electron chi connectivity index (χ0n) is 12.6. The van der Waals surface area contributed by atoms with Gasteiger partial charge in [0.25, 0.3) is 0 Å². The number of ether oxygens (including phenoxy) is 1. The number of rotatable bonds is 4. The first-order valence-corrected chi connectivity index (χ1v) is 8.15. The lowest BCUT2D eigenvalue weighted by molar-refractivity contribution is 0.0209. The van der Waals surface area contributed by atoms with Crippen molar-refractivity contribution in [2.45, 2.75) is 19.0 Å². The molecule has 0 saturated carbocycles. The Labute approximate surface area is 132 Å². The van der Waals surface area contributed by atoms with Crippen LogP contribution in [0.2, 0.25) is 5.02 Å². The Bertz CT molecular complexity index is 477. The van der Waals surface area contributed by atoms with E-state index < -0.39 is 0 Å². The highest BCUT2D eigenvalue weighted by Gasteiger charge is 2.29. The monoisotopic (exact) mass is 309 g/mol. The molecule has 1 N–H and O–H groups in total. The molecule has 1 unspecified atom stereocenters. The van der Waals surface area contributed by atoms with Crippen molar-refractivity contribution in [2.75, 3.05) is 51.3 Å². The molecule has 4 nitrogen and oxygen atoms in total. The minimum Gasteiger partial charge on any atom is -0.379 e. The second-order valence-corrected chi connectivity index (χ2v) is 6.26. The highest BCUT2D eigenvalue weighted by molar-refractivity contribution is 6.33. The summed E-state index contributed by atoms with van der Waals surface area (Å²) in [6.45, 7) is 6.89. The van der Waals surface area contributed by atoms with Crippen LogP contribution in [0.3, 0.4) is 0 Å². The Kier molecular flexibility index (Phi) is 5.01. The number of morpholine rings is 1. The second kappa shape index (κ2) is 6.97. The Morgan fingerprint density at radius 1 is 1.29 bits per heavy atom. The summed E-state index contributed by atoms with van der Waals surface area (Å²) in [4.78, 5) is 4.98. The number of hydrogen-bond acceptors (Lipinski definition) is 4. The molecule has 0 amide bonds. The van der Waals surface area contributed by atoms with Gasteiger partial charge in [0.05, 0.1) is 23.9 Å². The fourth-order valence-corrected chi connectivity index (χ4v) is 3.64. The van der Waals surface area contributed by atoms with Crippen LogP contribution in [0, 0.1) is 0 Å². The zero-order valence-corrected chi connectivity index (χ0v) is 13.4. The fourth-order valence-electron chi connectivity index (χ4n) is 3.32. The van der Waals surface area contributed by atoms with Crippen molar-refractivity contribution in [3.8, 4) is 0 Å². The predicted octanol–water partition coefficient (Wildman–Crippen LogP) is 1.97. The SMILES string of the molecule is CNCc1ccc(N2CCC(N3CCOCC3)C2)c(Cl)c1. The third-order valence-electron chi connectivity index (χ3n) is 4.46. The molecule has 0 aromatic heterocycles. The van der Waals surface area contributed by atoms with Crippen LogP contribution >= 0.6 is 11.6 Å². The summed E-state index contributed by atoms with van der Waals surface area (Å²) in [6.07, 6.45) is 1.22. The van der Waals surface area contributed by atoms with Crippen LogP contribution in [0.5, 0.6) is 0 Å². The molecule has 5 heteroatoms. The fraction of sp³-hybridized carbons (Fsp3) is 0.625. The molecule has 2 heterocycles. The van der Waals surface area contributed by atoms with Crippen molar-refractivity contribution in [3.05, 3.63) is 28.8 Å². The third kappa shape index (κ3) is 3.51. The van der Waals surface area contributed by atoms with E-state index in [4.69, 9.17) is 16.3 Å². The molecule has 2 aliphatic rings. The molecule has 2 saturated heterocycles. The van der Waals surface area contributed by atoms with Crippen molar-refractivity contribution in [1.29, 1.82) is 0 Å². The van der Waals surface area contributed by atoms with Crippen LogP contribution in [0.4, 0.5) is 5.69 Å². The molecule has 2 fully saturated rings. The van der Waals surface area contributed by atoms with Crippen LogP contribution in [0.1, 0.15) is 12.0 Å². The zero-order chi connectivity index (χ0) is 14.7. The van der Waals surface area contributed by atoms with Gasteiger partial charge in [-0.25, -0.2) is 0 Å². The van der Waals surface area contributed by atoms with Crippen molar-refractivity contribution >= 4 is 17.3 Å². The first kappa shape index (κ1) is 15.1. The minimum atomic E-state index is 0.641. The molecule has 3 rings (SSSR count). The molecule has 1 aromatic carbocycles. The maximum absolute atomic E-state index is 6.48. The lowest BCUT2D eigenvalue weighted by atomic mass is 10.2. The van der Waals surface area contributed by atoms with E-state index in [0.29, 0.717) is 6.04 Å². The van der Waals surface area contributed by atoms with Crippen LogP contribution < -0.4 is 10.2 Å². The first-order valence-electron chi connectivity index (χ1n) is 7.77. The van der Waals surface area contributed by atoms with Crippen LogP contribution in [-0.4, -0.2) is 57.4 Å². The average Bonchev–Trinajstić information content (AvgIpc) is 2.98. The van der Waals surface area contributed by atoms with E-state index in [1.807, 2.05) is 7.05 Å². The van der Waals surface area contributed by atoms with Gasteiger partial charge < -0.3 is 15.0 Å². The van der Waals surface area contributed by atoms with Gasteiger partial charge in [0.2, 0.25) is 0 Å². The Morgan fingerprint density at radius 2 is 2.10 bits per heavy atom. The summed E-state index contributed by atoms with van der Waals surface area (Å²) < 4.78 is 5.44. The average molecular weight is 310 g/mol. The molecular weight excluding hydrogens is 286 g/mol. The lowest BCUT2D eigenvalue weighted by Crippen LogP contribution is -2.44. The summed E-state index contributed by atoms with van der Waals surface area (Å²) in [7, 11) is 1.95. The molecule has 0 radical (unpaired) electrons. The topological polar surface area (TPSA) is 27.7 Å². The van der Waals surface area contributed by atoms with Gasteiger partial charge in [-0.05, 0) is 31.2 Å². The molecule has 0 bridgehead atoms. The summed E-state index contributed by atoms with van der Waals surface area (Å²) in [6, 6.07) is 7.05. The first-order chi connectivity index (χ1) is 10.3. The predicted molar refractivity (Wildman–Crippen MR) is 87.2 cm³/mol. The van der Waals surface area contributed by atoms with Crippen LogP contribution in [0.15, 0.2) is 18.2 Å². The summed E-state index contributed by atoms with van der Waals surface area (Å²) in [5.74, 6) is 0. The number of halogens is 1. The van der Waals surface area contributed by atoms with Gasteiger partial charge in [-0.1, -0.05) is 17.7 Å². The van der Waals surface area contributed by atoms with Crippen molar-refractivity contribution < 1.29 is 4.74 Å². The number of nitrogens with zero attached hydrogens (tertiary/aromatic N) is 2.